The molecule has 1 rings (SSSR count). The quantitative estimate of drug-likeness (QED) is 0.591. The number of amides is 1. The minimum atomic E-state index is -0.341. The zero-order valence-electron chi connectivity index (χ0n) is 11.4. The molecule has 1 heterocycles. The molecule has 1 atom stereocenters. The summed E-state index contributed by atoms with van der Waals surface area (Å²) in [5.41, 5.74) is 0.797. The molecule has 1 aliphatic heterocycles. The van der Waals surface area contributed by atoms with Crippen molar-refractivity contribution < 1.29 is 24.3 Å². The first-order chi connectivity index (χ1) is 9.06. The van der Waals surface area contributed by atoms with Crippen molar-refractivity contribution in [1.82, 2.24) is 5.06 Å². The van der Waals surface area contributed by atoms with Gasteiger partial charge in [-0.2, -0.15) is 0 Å². The van der Waals surface area contributed by atoms with E-state index in [-0.39, 0.29) is 31.0 Å². The van der Waals surface area contributed by atoms with Crippen LogP contribution >= 0.6 is 0 Å². The highest BCUT2D eigenvalue weighted by atomic mass is 16.7. The maximum absolute atomic E-state index is 11.9. The van der Waals surface area contributed by atoms with Gasteiger partial charge in [-0.3, -0.25) is 14.4 Å². The summed E-state index contributed by atoms with van der Waals surface area (Å²) in [6.45, 7) is 2.31. The van der Waals surface area contributed by atoms with E-state index >= 15 is 0 Å². The zero-order valence-corrected chi connectivity index (χ0v) is 11.4. The maximum atomic E-state index is 11.9. The van der Waals surface area contributed by atoms with Crippen LogP contribution in [0, 0.1) is 0 Å². The number of hydrogen-bond donors (Lipinski definition) is 1. The van der Waals surface area contributed by atoms with Gasteiger partial charge < -0.3 is 9.84 Å². The number of nitrogens with zero attached hydrogens (tertiary/aromatic N) is 1. The lowest BCUT2D eigenvalue weighted by Crippen LogP contribution is -2.40. The van der Waals surface area contributed by atoms with Gasteiger partial charge in [0.05, 0.1) is 19.6 Å². The van der Waals surface area contributed by atoms with Crippen molar-refractivity contribution >= 4 is 11.9 Å². The zero-order chi connectivity index (χ0) is 14.3. The van der Waals surface area contributed by atoms with Crippen molar-refractivity contribution in [2.24, 2.45) is 0 Å². The molecule has 0 bridgehead atoms. The topological polar surface area (TPSA) is 76.1 Å². The lowest BCUT2D eigenvalue weighted by molar-refractivity contribution is -0.220. The molecule has 0 saturated carbocycles. The van der Waals surface area contributed by atoms with Crippen molar-refractivity contribution in [2.45, 2.75) is 38.7 Å². The van der Waals surface area contributed by atoms with Crippen molar-refractivity contribution in [3.63, 3.8) is 0 Å². The minimum absolute atomic E-state index is 0.0153. The molecule has 1 unspecified atom stereocenters. The Hall–Kier alpha value is -1.40. The summed E-state index contributed by atoms with van der Waals surface area (Å²) in [5.74, 6) is -0.591. The summed E-state index contributed by atoms with van der Waals surface area (Å²) in [6, 6.07) is 0. The van der Waals surface area contributed by atoms with Crippen molar-refractivity contribution in [2.75, 3.05) is 20.3 Å². The molecule has 0 aromatic carbocycles. The second-order valence-corrected chi connectivity index (χ2v) is 4.55. The highest BCUT2D eigenvalue weighted by molar-refractivity contribution is 5.87. The highest BCUT2D eigenvalue weighted by Crippen LogP contribution is 2.18. The van der Waals surface area contributed by atoms with Gasteiger partial charge in [-0.1, -0.05) is 5.57 Å². The summed E-state index contributed by atoms with van der Waals surface area (Å²) in [5, 5.41) is 10.1. The third-order valence-electron chi connectivity index (χ3n) is 2.91. The first kappa shape index (κ1) is 15.7. The van der Waals surface area contributed by atoms with Crippen LogP contribution in [0.3, 0.4) is 0 Å². The Kier molecular flexibility index (Phi) is 6.52. The molecule has 1 amide bonds. The van der Waals surface area contributed by atoms with Gasteiger partial charge in [0, 0.05) is 19.2 Å². The molecule has 0 aromatic heterocycles. The molecular weight excluding hydrogens is 250 g/mol. The average molecular weight is 271 g/mol. The molecule has 1 aliphatic rings. The van der Waals surface area contributed by atoms with Crippen LogP contribution in [-0.4, -0.2) is 48.4 Å². The Morgan fingerprint density at radius 1 is 1.53 bits per heavy atom. The van der Waals surface area contributed by atoms with Gasteiger partial charge in [-0.05, 0) is 26.2 Å². The van der Waals surface area contributed by atoms with Gasteiger partial charge in [-0.15, -0.1) is 0 Å². The van der Waals surface area contributed by atoms with E-state index in [0.29, 0.717) is 13.0 Å². The van der Waals surface area contributed by atoms with E-state index in [2.05, 4.69) is 4.74 Å². The maximum Gasteiger partial charge on any atom is 0.308 e. The number of carbonyl (C=O) groups is 2. The predicted molar refractivity (Wildman–Crippen MR) is 67.9 cm³/mol. The van der Waals surface area contributed by atoms with Crippen LogP contribution in [0.1, 0.15) is 32.6 Å². The van der Waals surface area contributed by atoms with E-state index in [1.165, 1.54) is 18.2 Å². The number of aliphatic hydroxyl groups excluding tert-OH is 1. The fraction of sp³-hybridized carbons (Fsp3) is 0.692. The summed E-state index contributed by atoms with van der Waals surface area (Å²) in [7, 11) is 1.33. The van der Waals surface area contributed by atoms with Crippen LogP contribution in [0.25, 0.3) is 0 Å². The van der Waals surface area contributed by atoms with E-state index < -0.39 is 0 Å². The number of carbonyl (C=O) groups excluding carboxylic acids is 2. The normalized spacial score (nSPS) is 20.3. The van der Waals surface area contributed by atoms with E-state index in [9.17, 15) is 9.59 Å². The predicted octanol–water partition coefficient (Wildman–Crippen LogP) is 0.801. The number of aliphatic hydroxyl groups is 1. The molecule has 0 spiro atoms. The van der Waals surface area contributed by atoms with Crippen LogP contribution in [0.5, 0.6) is 0 Å². The molecule has 6 heteroatoms. The van der Waals surface area contributed by atoms with Crippen LogP contribution in [0.2, 0.25) is 0 Å². The number of rotatable bonds is 5. The molecule has 6 nitrogen and oxygen atoms in total. The number of hydrogen-bond acceptors (Lipinski definition) is 5. The van der Waals surface area contributed by atoms with Crippen LogP contribution < -0.4 is 0 Å². The second-order valence-electron chi connectivity index (χ2n) is 4.55. The first-order valence-corrected chi connectivity index (χ1v) is 6.40. The first-order valence-electron chi connectivity index (χ1n) is 6.40. The van der Waals surface area contributed by atoms with Crippen LogP contribution in [0.15, 0.2) is 11.6 Å². The number of methoxy groups -OCH3 is 1. The van der Waals surface area contributed by atoms with E-state index in [4.69, 9.17) is 9.94 Å². The third kappa shape index (κ3) is 5.40. The standard InChI is InChI=1S/C13H21NO5/c1-10(5-7-15)8-12(16)14-6-3-4-11(19-14)9-13(17)18-2/h8,11,15H,3-7,9H2,1-2H3/b10-8+. The molecule has 19 heavy (non-hydrogen) atoms. The Balaban J connectivity index is 2.52. The van der Waals surface area contributed by atoms with Crippen molar-refractivity contribution in [3.05, 3.63) is 11.6 Å². The van der Waals surface area contributed by atoms with Crippen molar-refractivity contribution in [1.29, 1.82) is 0 Å². The van der Waals surface area contributed by atoms with Gasteiger partial charge >= 0.3 is 5.97 Å². The summed E-state index contributed by atoms with van der Waals surface area (Å²) in [4.78, 5) is 28.6. The van der Waals surface area contributed by atoms with Crippen LogP contribution in [-0.2, 0) is 19.2 Å². The summed E-state index contributed by atoms with van der Waals surface area (Å²) in [6.07, 6.45) is 3.29. The Morgan fingerprint density at radius 3 is 2.89 bits per heavy atom. The molecule has 1 saturated heterocycles. The fourth-order valence-corrected chi connectivity index (χ4v) is 1.85. The summed E-state index contributed by atoms with van der Waals surface area (Å²) >= 11 is 0. The minimum Gasteiger partial charge on any atom is -0.469 e. The van der Waals surface area contributed by atoms with Gasteiger partial charge in [0.2, 0.25) is 0 Å². The van der Waals surface area contributed by atoms with Gasteiger partial charge in [0.1, 0.15) is 0 Å². The molecule has 0 aliphatic carbocycles. The highest BCUT2D eigenvalue weighted by Gasteiger charge is 2.25. The number of esters is 1. The Morgan fingerprint density at radius 2 is 2.26 bits per heavy atom. The molecular formula is C13H21NO5. The molecule has 108 valence electrons. The lowest BCUT2D eigenvalue weighted by Gasteiger charge is -2.31. The largest absolute Gasteiger partial charge is 0.469 e. The number of hydroxylamine groups is 2. The smallest absolute Gasteiger partial charge is 0.308 e. The third-order valence-corrected chi connectivity index (χ3v) is 2.91. The van der Waals surface area contributed by atoms with E-state index in [0.717, 1.165) is 18.4 Å². The van der Waals surface area contributed by atoms with Gasteiger partial charge in [0.15, 0.2) is 0 Å². The Labute approximate surface area is 112 Å². The lowest BCUT2D eigenvalue weighted by atomic mass is 10.1. The SMILES string of the molecule is COC(=O)CC1CCCN(C(=O)/C=C(\C)CCO)O1. The number of ether oxygens (including phenoxy) is 1. The molecule has 1 N–H and O–H groups in total. The van der Waals surface area contributed by atoms with E-state index in [1.807, 2.05) is 0 Å². The second kappa shape index (κ2) is 7.91. The van der Waals surface area contributed by atoms with E-state index in [1.54, 1.807) is 6.92 Å². The van der Waals surface area contributed by atoms with Gasteiger partial charge in [-0.25, -0.2) is 5.06 Å². The van der Waals surface area contributed by atoms with Crippen molar-refractivity contribution in [3.8, 4) is 0 Å². The average Bonchev–Trinajstić information content (AvgIpc) is 2.39. The molecule has 0 radical (unpaired) electrons. The monoisotopic (exact) mass is 271 g/mol. The Bertz CT molecular complexity index is 353. The van der Waals surface area contributed by atoms with Crippen LogP contribution in [0.4, 0.5) is 0 Å². The molecule has 0 aromatic rings. The molecule has 1 fully saturated rings. The van der Waals surface area contributed by atoms with Gasteiger partial charge in [0.25, 0.3) is 5.91 Å². The fourth-order valence-electron chi connectivity index (χ4n) is 1.85. The summed E-state index contributed by atoms with van der Waals surface area (Å²) < 4.78 is 4.58.